The number of rotatable bonds is 5. The minimum Gasteiger partial charge on any atom is -0.458 e. The van der Waals surface area contributed by atoms with Gasteiger partial charge in [0.25, 0.3) is 0 Å². The summed E-state index contributed by atoms with van der Waals surface area (Å²) >= 11 is 0. The Morgan fingerprint density at radius 3 is 1.94 bits per heavy atom. The summed E-state index contributed by atoms with van der Waals surface area (Å²) in [6.45, 7) is 1.84. The van der Waals surface area contributed by atoms with Crippen molar-refractivity contribution in [2.45, 2.75) is 37.1 Å². The van der Waals surface area contributed by atoms with Crippen molar-refractivity contribution in [3.05, 3.63) is 131 Å². The molecule has 3 atom stereocenters. The molecule has 36 heavy (non-hydrogen) atoms. The van der Waals surface area contributed by atoms with E-state index in [4.69, 9.17) is 4.74 Å². The smallest absolute Gasteiger partial charge is 0.303 e. The van der Waals surface area contributed by atoms with Gasteiger partial charge in [-0.15, -0.1) is 0 Å². The lowest BCUT2D eigenvalue weighted by Gasteiger charge is -2.45. The molecule has 0 bridgehead atoms. The first-order chi connectivity index (χ1) is 17.6. The van der Waals surface area contributed by atoms with E-state index in [9.17, 15) is 9.90 Å². The third kappa shape index (κ3) is 3.48. The van der Waals surface area contributed by atoms with Crippen molar-refractivity contribution in [2.75, 3.05) is 6.54 Å². The monoisotopic (exact) mass is 475 g/mol. The maximum absolute atomic E-state index is 12.0. The van der Waals surface area contributed by atoms with E-state index in [1.807, 2.05) is 24.3 Å². The fourth-order valence-electron chi connectivity index (χ4n) is 6.34. The topological polar surface area (TPSA) is 49.8 Å². The lowest BCUT2D eigenvalue weighted by molar-refractivity contribution is -0.149. The van der Waals surface area contributed by atoms with Gasteiger partial charge in [-0.1, -0.05) is 109 Å². The lowest BCUT2D eigenvalue weighted by Crippen LogP contribution is -2.51. The van der Waals surface area contributed by atoms with Gasteiger partial charge in [-0.2, -0.15) is 0 Å². The van der Waals surface area contributed by atoms with Gasteiger partial charge in [-0.3, -0.25) is 9.69 Å². The molecule has 1 aliphatic carbocycles. The first kappa shape index (κ1) is 22.7. The molecule has 0 amide bonds. The Labute approximate surface area is 211 Å². The normalized spacial score (nSPS) is 22.1. The second-order valence-corrected chi connectivity index (χ2v) is 9.72. The summed E-state index contributed by atoms with van der Waals surface area (Å²) in [6, 6.07) is 37.6. The minimum absolute atomic E-state index is 0.267. The number of carbonyl (C=O) groups excluding carboxylic acids is 1. The summed E-state index contributed by atoms with van der Waals surface area (Å²) in [5, 5.41) is 11.6. The fourth-order valence-corrected chi connectivity index (χ4v) is 6.34. The van der Waals surface area contributed by atoms with Gasteiger partial charge in [0.2, 0.25) is 0 Å². The van der Waals surface area contributed by atoms with Crippen LogP contribution in [0.2, 0.25) is 0 Å². The Bertz CT molecular complexity index is 1340. The van der Waals surface area contributed by atoms with Crippen LogP contribution in [0.3, 0.4) is 0 Å². The van der Waals surface area contributed by atoms with Crippen LogP contribution in [0.15, 0.2) is 109 Å². The summed E-state index contributed by atoms with van der Waals surface area (Å²) in [6.07, 6.45) is -0.801. The molecular formula is C32H29NO3. The predicted molar refractivity (Wildman–Crippen MR) is 140 cm³/mol. The van der Waals surface area contributed by atoms with Crippen LogP contribution >= 0.6 is 0 Å². The zero-order chi connectivity index (χ0) is 24.7. The molecule has 6 rings (SSSR count). The van der Waals surface area contributed by atoms with Crippen molar-refractivity contribution in [3.63, 3.8) is 0 Å². The van der Waals surface area contributed by atoms with E-state index in [-0.39, 0.29) is 12.0 Å². The zero-order valence-corrected chi connectivity index (χ0v) is 20.2. The molecule has 0 spiro atoms. The standard InChI is InChI=1S/C32H29NO3/c1-22(34)36-30-21-33(29(31(30)35)20-23-12-4-2-5-13-23)32(24-14-6-3-7-15-24)27-18-10-8-16-25(27)26-17-9-11-19-28(26)32/h2-19,29-31,35H,20-21H2,1H3/t29-,30+,31-/m0/s1. The van der Waals surface area contributed by atoms with Crippen LogP contribution < -0.4 is 0 Å². The van der Waals surface area contributed by atoms with Crippen molar-refractivity contribution in [3.8, 4) is 11.1 Å². The maximum atomic E-state index is 12.0. The molecular weight excluding hydrogens is 446 g/mol. The van der Waals surface area contributed by atoms with Crippen LogP contribution in [0.1, 0.15) is 29.2 Å². The van der Waals surface area contributed by atoms with Gasteiger partial charge in [-0.05, 0) is 39.8 Å². The van der Waals surface area contributed by atoms with Gasteiger partial charge in [0.05, 0.1) is 5.54 Å². The van der Waals surface area contributed by atoms with E-state index in [0.717, 1.165) is 11.1 Å². The number of fused-ring (bicyclic) bond motifs is 3. The zero-order valence-electron chi connectivity index (χ0n) is 20.2. The number of benzene rings is 4. The highest BCUT2D eigenvalue weighted by Crippen LogP contribution is 2.56. The highest BCUT2D eigenvalue weighted by atomic mass is 16.6. The molecule has 0 unspecified atom stereocenters. The molecule has 1 fully saturated rings. The molecule has 0 aromatic heterocycles. The van der Waals surface area contributed by atoms with Gasteiger partial charge in [0.1, 0.15) is 12.2 Å². The molecule has 1 aliphatic heterocycles. The number of aliphatic hydroxyl groups is 1. The van der Waals surface area contributed by atoms with E-state index in [1.165, 1.54) is 29.2 Å². The summed E-state index contributed by atoms with van der Waals surface area (Å²) in [4.78, 5) is 14.4. The Kier molecular flexibility index (Phi) is 5.71. The minimum atomic E-state index is -0.824. The van der Waals surface area contributed by atoms with Crippen molar-refractivity contribution >= 4 is 5.97 Å². The molecule has 0 radical (unpaired) electrons. The number of likely N-dealkylation sites (tertiary alicyclic amines) is 1. The maximum Gasteiger partial charge on any atom is 0.303 e. The molecule has 4 aromatic carbocycles. The van der Waals surface area contributed by atoms with Crippen LogP contribution in [-0.4, -0.2) is 40.8 Å². The Morgan fingerprint density at radius 2 is 1.36 bits per heavy atom. The first-order valence-corrected chi connectivity index (χ1v) is 12.5. The summed E-state index contributed by atoms with van der Waals surface area (Å²) in [7, 11) is 0. The number of nitrogens with zero attached hydrogens (tertiary/aromatic N) is 1. The Morgan fingerprint density at radius 1 is 0.833 bits per heavy atom. The molecule has 0 saturated carbocycles. The van der Waals surface area contributed by atoms with Crippen molar-refractivity contribution in [1.82, 2.24) is 4.90 Å². The van der Waals surface area contributed by atoms with E-state index >= 15 is 0 Å². The van der Waals surface area contributed by atoms with Gasteiger partial charge in [0, 0.05) is 19.5 Å². The average Bonchev–Trinajstić information content (AvgIpc) is 3.37. The summed E-state index contributed by atoms with van der Waals surface area (Å²) < 4.78 is 5.71. The molecule has 180 valence electrons. The molecule has 4 heteroatoms. The van der Waals surface area contributed by atoms with E-state index in [2.05, 4.69) is 89.8 Å². The Hall–Kier alpha value is -3.73. The van der Waals surface area contributed by atoms with Gasteiger partial charge in [0.15, 0.2) is 0 Å². The summed E-state index contributed by atoms with van der Waals surface area (Å²) in [5.41, 5.74) is 6.40. The van der Waals surface area contributed by atoms with E-state index in [0.29, 0.717) is 13.0 Å². The fraction of sp³-hybridized carbons (Fsp3) is 0.219. The number of aliphatic hydroxyl groups excluding tert-OH is 1. The van der Waals surface area contributed by atoms with Gasteiger partial charge >= 0.3 is 5.97 Å². The lowest BCUT2D eigenvalue weighted by atomic mass is 9.78. The molecule has 1 heterocycles. The number of esters is 1. The second-order valence-electron chi connectivity index (χ2n) is 9.72. The number of ether oxygens (including phenoxy) is 1. The molecule has 1 N–H and O–H groups in total. The van der Waals surface area contributed by atoms with Crippen molar-refractivity contribution in [1.29, 1.82) is 0 Å². The summed E-state index contributed by atoms with van der Waals surface area (Å²) in [5.74, 6) is -0.375. The molecule has 2 aliphatic rings. The van der Waals surface area contributed by atoms with Crippen LogP contribution in [0.25, 0.3) is 11.1 Å². The predicted octanol–water partition coefficient (Wildman–Crippen LogP) is 5.18. The highest BCUT2D eigenvalue weighted by molar-refractivity contribution is 5.83. The number of hydrogen-bond acceptors (Lipinski definition) is 4. The number of hydrogen-bond donors (Lipinski definition) is 1. The Balaban J connectivity index is 1.61. The van der Waals surface area contributed by atoms with E-state index in [1.54, 1.807) is 0 Å². The second kappa shape index (κ2) is 9.05. The quantitative estimate of drug-likeness (QED) is 0.404. The molecule has 4 aromatic rings. The SMILES string of the molecule is CC(=O)O[C@@H]1CN(C2(c3ccccc3)c3ccccc3-c3ccccc32)[C@@H](Cc2ccccc2)[C@@H]1O. The number of carbonyl (C=O) groups is 1. The van der Waals surface area contributed by atoms with E-state index < -0.39 is 17.7 Å². The van der Waals surface area contributed by atoms with Crippen LogP contribution in [0, 0.1) is 0 Å². The van der Waals surface area contributed by atoms with Crippen LogP contribution in [0.5, 0.6) is 0 Å². The van der Waals surface area contributed by atoms with Crippen LogP contribution in [0.4, 0.5) is 0 Å². The van der Waals surface area contributed by atoms with Crippen molar-refractivity contribution < 1.29 is 14.6 Å². The van der Waals surface area contributed by atoms with Crippen molar-refractivity contribution in [2.24, 2.45) is 0 Å². The largest absolute Gasteiger partial charge is 0.458 e. The molecule has 4 nitrogen and oxygen atoms in total. The van der Waals surface area contributed by atoms with Gasteiger partial charge in [-0.25, -0.2) is 0 Å². The third-order valence-corrected chi connectivity index (χ3v) is 7.70. The van der Waals surface area contributed by atoms with Gasteiger partial charge < -0.3 is 9.84 Å². The third-order valence-electron chi connectivity index (χ3n) is 7.70. The highest BCUT2D eigenvalue weighted by Gasteiger charge is 2.56. The van der Waals surface area contributed by atoms with Crippen LogP contribution in [-0.2, 0) is 21.5 Å². The average molecular weight is 476 g/mol. The first-order valence-electron chi connectivity index (χ1n) is 12.5. The molecule has 1 saturated heterocycles.